The number of aromatic amines is 1. The molecule has 0 aliphatic carbocycles. The number of aromatic nitrogens is 2. The summed E-state index contributed by atoms with van der Waals surface area (Å²) in [7, 11) is 0. The summed E-state index contributed by atoms with van der Waals surface area (Å²) in [6, 6.07) is 10.6. The second-order valence-corrected chi connectivity index (χ2v) is 5.12. The molecule has 1 saturated heterocycles. The van der Waals surface area contributed by atoms with Crippen LogP contribution in [-0.4, -0.2) is 34.1 Å². The van der Waals surface area contributed by atoms with Crippen molar-refractivity contribution < 1.29 is 9.59 Å². The maximum absolute atomic E-state index is 12.5. The van der Waals surface area contributed by atoms with E-state index in [1.807, 2.05) is 37.3 Å². The van der Waals surface area contributed by atoms with E-state index < -0.39 is 6.04 Å². The summed E-state index contributed by atoms with van der Waals surface area (Å²) in [6.45, 7) is 1.98. The van der Waals surface area contributed by atoms with Gasteiger partial charge in [0.05, 0.1) is 0 Å². The number of nitrogens with one attached hydrogen (secondary N) is 2. The molecule has 1 aliphatic heterocycles. The summed E-state index contributed by atoms with van der Waals surface area (Å²) < 4.78 is 0. The fourth-order valence-electron chi connectivity index (χ4n) is 2.64. The quantitative estimate of drug-likeness (QED) is 0.892. The van der Waals surface area contributed by atoms with Crippen molar-refractivity contribution in [2.75, 3.05) is 4.90 Å². The van der Waals surface area contributed by atoms with Gasteiger partial charge in [0, 0.05) is 17.9 Å². The van der Waals surface area contributed by atoms with Crippen molar-refractivity contribution in [3.63, 3.8) is 0 Å². The molecule has 0 unspecified atom stereocenters. The molecule has 1 aliphatic rings. The number of rotatable bonds is 3. The molecule has 1 aromatic carbocycles. The van der Waals surface area contributed by atoms with Gasteiger partial charge >= 0.3 is 0 Å². The highest BCUT2D eigenvalue weighted by Gasteiger charge is 2.38. The third-order valence-electron chi connectivity index (χ3n) is 3.64. The lowest BCUT2D eigenvalue weighted by Crippen LogP contribution is -2.42. The molecule has 0 radical (unpaired) electrons. The second kappa shape index (κ2) is 5.40. The molecule has 0 saturated carbocycles. The van der Waals surface area contributed by atoms with Gasteiger partial charge in [0.15, 0.2) is 0 Å². The summed E-state index contributed by atoms with van der Waals surface area (Å²) in [5.41, 5.74) is 1.21. The molecule has 1 fully saturated rings. The van der Waals surface area contributed by atoms with Crippen molar-refractivity contribution in [2.24, 2.45) is 0 Å². The molecule has 2 N–H and O–H groups in total. The van der Waals surface area contributed by atoms with Crippen LogP contribution >= 0.6 is 0 Å². The summed E-state index contributed by atoms with van der Waals surface area (Å²) in [6.07, 6.45) is 2.10. The number of H-pyrrole nitrogens is 1. The Bertz CT molecular complexity index is 639. The molecule has 2 amide bonds. The number of benzene rings is 1. The minimum atomic E-state index is -0.504. The van der Waals surface area contributed by atoms with E-state index in [2.05, 4.69) is 15.5 Å². The van der Waals surface area contributed by atoms with Crippen molar-refractivity contribution in [3.05, 3.63) is 48.3 Å². The predicted octanol–water partition coefficient (Wildman–Crippen LogP) is 1.33. The zero-order valence-corrected chi connectivity index (χ0v) is 11.6. The molecule has 6 heteroatoms. The fraction of sp³-hybridized carbons (Fsp3) is 0.267. The number of anilines is 1. The summed E-state index contributed by atoms with van der Waals surface area (Å²) in [4.78, 5) is 26.2. The number of amides is 2. The molecule has 3 rings (SSSR count). The first-order chi connectivity index (χ1) is 10.2. The molecule has 0 bridgehead atoms. The topological polar surface area (TPSA) is 78.1 Å². The Hall–Kier alpha value is -2.63. The first-order valence-electron chi connectivity index (χ1n) is 6.85. The van der Waals surface area contributed by atoms with Gasteiger partial charge in [-0.2, -0.15) is 5.10 Å². The van der Waals surface area contributed by atoms with Gasteiger partial charge in [0.1, 0.15) is 11.7 Å². The van der Waals surface area contributed by atoms with Crippen LogP contribution in [0, 0.1) is 0 Å². The number of carbonyl (C=O) groups excluding carboxylic acids is 2. The Morgan fingerprint density at radius 1 is 1.33 bits per heavy atom. The number of carbonyl (C=O) groups is 2. The Labute approximate surface area is 122 Å². The van der Waals surface area contributed by atoms with Crippen LogP contribution < -0.4 is 10.2 Å². The molecule has 108 valence electrons. The normalized spacial score (nSPS) is 21.6. The third kappa shape index (κ3) is 2.52. The lowest BCUT2D eigenvalue weighted by molar-refractivity contribution is -0.118. The average molecular weight is 284 g/mol. The van der Waals surface area contributed by atoms with Crippen LogP contribution in [0.25, 0.3) is 0 Å². The number of nitrogens with zero attached hydrogens (tertiary/aromatic N) is 2. The van der Waals surface area contributed by atoms with Gasteiger partial charge in [0.25, 0.3) is 5.91 Å². The minimum Gasteiger partial charge on any atom is -0.339 e. The van der Waals surface area contributed by atoms with Gasteiger partial charge in [-0.3, -0.25) is 14.7 Å². The van der Waals surface area contributed by atoms with Crippen LogP contribution in [0.1, 0.15) is 23.8 Å². The van der Waals surface area contributed by atoms with Gasteiger partial charge in [-0.25, -0.2) is 0 Å². The SMILES string of the molecule is C[C@H]1C[C@@H](NC(=O)c2ccn[nH]2)C(=O)N1c1ccccc1. The maximum atomic E-state index is 12.5. The highest BCUT2D eigenvalue weighted by Crippen LogP contribution is 2.26. The summed E-state index contributed by atoms with van der Waals surface area (Å²) in [5.74, 6) is -0.394. The predicted molar refractivity (Wildman–Crippen MR) is 77.8 cm³/mol. The van der Waals surface area contributed by atoms with E-state index >= 15 is 0 Å². The molecular weight excluding hydrogens is 268 g/mol. The summed E-state index contributed by atoms with van der Waals surface area (Å²) in [5, 5.41) is 9.09. The number of hydrogen-bond acceptors (Lipinski definition) is 3. The number of hydrogen-bond donors (Lipinski definition) is 2. The van der Waals surface area contributed by atoms with E-state index in [-0.39, 0.29) is 17.9 Å². The second-order valence-electron chi connectivity index (χ2n) is 5.12. The smallest absolute Gasteiger partial charge is 0.269 e. The molecule has 6 nitrogen and oxygen atoms in total. The van der Waals surface area contributed by atoms with Crippen LogP contribution in [0.5, 0.6) is 0 Å². The van der Waals surface area contributed by atoms with Crippen molar-refractivity contribution in [2.45, 2.75) is 25.4 Å². The van der Waals surface area contributed by atoms with Crippen molar-refractivity contribution >= 4 is 17.5 Å². The van der Waals surface area contributed by atoms with Crippen LogP contribution in [0.15, 0.2) is 42.6 Å². The van der Waals surface area contributed by atoms with Gasteiger partial charge in [-0.05, 0) is 31.5 Å². The minimum absolute atomic E-state index is 0.0481. The molecule has 0 spiro atoms. The Kier molecular flexibility index (Phi) is 3.43. The van der Waals surface area contributed by atoms with E-state index in [1.165, 1.54) is 6.20 Å². The van der Waals surface area contributed by atoms with Crippen molar-refractivity contribution in [1.82, 2.24) is 15.5 Å². The van der Waals surface area contributed by atoms with Gasteiger partial charge in [-0.1, -0.05) is 18.2 Å². The standard InChI is InChI=1S/C15H16N4O2/c1-10-9-13(17-14(20)12-7-8-16-18-12)15(21)19(10)11-5-3-2-4-6-11/h2-8,10,13H,9H2,1H3,(H,16,18)(H,17,20)/t10-,13+/m0/s1. The molecule has 2 heterocycles. The van der Waals surface area contributed by atoms with Gasteiger partial charge in [0.2, 0.25) is 5.91 Å². The first kappa shape index (κ1) is 13.4. The van der Waals surface area contributed by atoms with Crippen molar-refractivity contribution in [3.8, 4) is 0 Å². The van der Waals surface area contributed by atoms with Gasteiger partial charge in [-0.15, -0.1) is 0 Å². The molecule has 1 aromatic heterocycles. The molecule has 21 heavy (non-hydrogen) atoms. The van der Waals surface area contributed by atoms with E-state index in [0.717, 1.165) is 5.69 Å². The van der Waals surface area contributed by atoms with Crippen LogP contribution in [0.4, 0.5) is 5.69 Å². The zero-order valence-electron chi connectivity index (χ0n) is 11.6. The van der Waals surface area contributed by atoms with Gasteiger partial charge < -0.3 is 10.2 Å². The van der Waals surface area contributed by atoms with E-state index in [4.69, 9.17) is 0 Å². The number of para-hydroxylation sites is 1. The first-order valence-corrected chi connectivity index (χ1v) is 6.85. The molecular formula is C15H16N4O2. The largest absolute Gasteiger partial charge is 0.339 e. The fourth-order valence-corrected chi connectivity index (χ4v) is 2.64. The van der Waals surface area contributed by atoms with E-state index in [9.17, 15) is 9.59 Å². The third-order valence-corrected chi connectivity index (χ3v) is 3.64. The van der Waals surface area contributed by atoms with Crippen LogP contribution in [0.2, 0.25) is 0 Å². The van der Waals surface area contributed by atoms with Crippen LogP contribution in [-0.2, 0) is 4.79 Å². The lowest BCUT2D eigenvalue weighted by atomic mass is 10.2. The Morgan fingerprint density at radius 2 is 2.10 bits per heavy atom. The molecule has 2 aromatic rings. The van der Waals surface area contributed by atoms with E-state index in [1.54, 1.807) is 11.0 Å². The maximum Gasteiger partial charge on any atom is 0.269 e. The monoisotopic (exact) mass is 284 g/mol. The highest BCUT2D eigenvalue weighted by atomic mass is 16.2. The molecule has 2 atom stereocenters. The highest BCUT2D eigenvalue weighted by molar-refractivity contribution is 6.03. The van der Waals surface area contributed by atoms with E-state index in [0.29, 0.717) is 12.1 Å². The Morgan fingerprint density at radius 3 is 2.76 bits per heavy atom. The zero-order chi connectivity index (χ0) is 14.8. The average Bonchev–Trinajstić information content (AvgIpc) is 3.09. The lowest BCUT2D eigenvalue weighted by Gasteiger charge is -2.21. The van der Waals surface area contributed by atoms with Crippen molar-refractivity contribution in [1.29, 1.82) is 0 Å². The van der Waals surface area contributed by atoms with Crippen LogP contribution in [0.3, 0.4) is 0 Å². The summed E-state index contributed by atoms with van der Waals surface area (Å²) >= 11 is 0. The Balaban J connectivity index is 1.75.